The van der Waals surface area contributed by atoms with E-state index in [2.05, 4.69) is 4.90 Å². The van der Waals surface area contributed by atoms with Gasteiger partial charge in [-0.3, -0.25) is 9.59 Å². The van der Waals surface area contributed by atoms with Crippen LogP contribution in [0.2, 0.25) is 0 Å². The molecule has 0 radical (unpaired) electrons. The van der Waals surface area contributed by atoms with Crippen molar-refractivity contribution < 1.29 is 14.3 Å². The molecule has 4 nitrogen and oxygen atoms in total. The molecule has 1 aromatic rings. The molecule has 3 rings (SSSR count). The monoisotopic (exact) mass is 287 g/mol. The van der Waals surface area contributed by atoms with Gasteiger partial charge >= 0.3 is 0 Å². The van der Waals surface area contributed by atoms with Crippen LogP contribution in [-0.2, 0) is 9.59 Å². The molecule has 2 bridgehead atoms. The Morgan fingerprint density at radius 1 is 1.33 bits per heavy atom. The fourth-order valence-electron chi connectivity index (χ4n) is 3.73. The molecule has 2 unspecified atom stereocenters. The van der Waals surface area contributed by atoms with Gasteiger partial charge in [0.1, 0.15) is 16.9 Å². The summed E-state index contributed by atoms with van der Waals surface area (Å²) >= 11 is 0. The normalized spacial score (nSPS) is 28.4. The van der Waals surface area contributed by atoms with Gasteiger partial charge in [-0.05, 0) is 44.0 Å². The van der Waals surface area contributed by atoms with E-state index in [-0.39, 0.29) is 17.5 Å². The molecule has 4 heteroatoms. The number of Topliss-reactive ketones (excluding diaryl/α,β-unsaturated/α-hetero) is 2. The number of piperidine rings is 1. The molecule has 2 atom stereocenters. The van der Waals surface area contributed by atoms with Gasteiger partial charge in [0, 0.05) is 24.7 Å². The average Bonchev–Trinajstić information content (AvgIpc) is 2.47. The molecular weight excluding hydrogens is 266 g/mol. The van der Waals surface area contributed by atoms with E-state index >= 15 is 0 Å². The third kappa shape index (κ3) is 2.23. The molecule has 0 amide bonds. The summed E-state index contributed by atoms with van der Waals surface area (Å²) in [6, 6.07) is 7.83. The van der Waals surface area contributed by atoms with Crippen molar-refractivity contribution >= 4 is 17.3 Å². The number of ketones is 2. The molecular formula is C17H21NO3. The van der Waals surface area contributed by atoms with Crippen LogP contribution in [0.3, 0.4) is 0 Å². The van der Waals surface area contributed by atoms with E-state index in [4.69, 9.17) is 4.74 Å². The van der Waals surface area contributed by atoms with Crippen LogP contribution in [0.15, 0.2) is 24.3 Å². The quantitative estimate of drug-likeness (QED) is 0.801. The van der Waals surface area contributed by atoms with Crippen LogP contribution in [0.25, 0.3) is 0 Å². The number of nitrogens with zero attached hydrogens (tertiary/aromatic N) is 1. The van der Waals surface area contributed by atoms with Crippen molar-refractivity contribution in [3.63, 3.8) is 0 Å². The highest BCUT2D eigenvalue weighted by Crippen LogP contribution is 2.43. The van der Waals surface area contributed by atoms with Crippen molar-refractivity contribution in [2.24, 2.45) is 11.3 Å². The van der Waals surface area contributed by atoms with E-state index in [1.807, 2.05) is 24.3 Å². The van der Waals surface area contributed by atoms with Crippen LogP contribution in [0, 0.1) is 11.3 Å². The molecule has 1 saturated heterocycles. The van der Waals surface area contributed by atoms with Gasteiger partial charge in [-0.2, -0.15) is 0 Å². The standard InChI is InChI=1S/C17H21NO3/c1-12(19)17-9-3-4-13(16(17)20)10-18(11-17)14-5-7-15(21-2)8-6-14/h5-8,13H,3-4,9-11H2,1-2H3. The van der Waals surface area contributed by atoms with Gasteiger partial charge in [-0.1, -0.05) is 6.42 Å². The maximum Gasteiger partial charge on any atom is 0.153 e. The summed E-state index contributed by atoms with van der Waals surface area (Å²) in [4.78, 5) is 26.9. The van der Waals surface area contributed by atoms with Gasteiger partial charge in [0.2, 0.25) is 0 Å². The predicted molar refractivity (Wildman–Crippen MR) is 80.7 cm³/mol. The minimum absolute atomic E-state index is 0.00139. The van der Waals surface area contributed by atoms with Crippen LogP contribution < -0.4 is 9.64 Å². The van der Waals surface area contributed by atoms with Gasteiger partial charge in [-0.25, -0.2) is 0 Å². The van der Waals surface area contributed by atoms with Crippen LogP contribution in [-0.4, -0.2) is 31.8 Å². The van der Waals surface area contributed by atoms with Crippen molar-refractivity contribution in [1.29, 1.82) is 0 Å². The summed E-state index contributed by atoms with van der Waals surface area (Å²) in [7, 11) is 1.64. The summed E-state index contributed by atoms with van der Waals surface area (Å²) in [5.41, 5.74) is 0.280. The number of anilines is 1. The third-order valence-electron chi connectivity index (χ3n) is 5.01. The van der Waals surface area contributed by atoms with Crippen molar-refractivity contribution in [2.75, 3.05) is 25.1 Å². The number of benzene rings is 1. The Morgan fingerprint density at radius 3 is 2.67 bits per heavy atom. The molecule has 2 aliphatic rings. The summed E-state index contributed by atoms with van der Waals surface area (Å²) in [5.74, 6) is 1.01. The van der Waals surface area contributed by atoms with Crippen molar-refractivity contribution in [2.45, 2.75) is 26.2 Å². The van der Waals surface area contributed by atoms with Gasteiger partial charge in [0.15, 0.2) is 5.78 Å². The second-order valence-corrected chi connectivity index (χ2v) is 6.17. The predicted octanol–water partition coefficient (Wildman–Crippen LogP) is 2.46. The number of methoxy groups -OCH3 is 1. The van der Waals surface area contributed by atoms with Gasteiger partial charge in [-0.15, -0.1) is 0 Å². The summed E-state index contributed by atoms with van der Waals surface area (Å²) in [5, 5.41) is 0. The van der Waals surface area contributed by atoms with Crippen LogP contribution in [0.1, 0.15) is 26.2 Å². The van der Waals surface area contributed by atoms with E-state index in [9.17, 15) is 9.59 Å². The Balaban J connectivity index is 1.91. The van der Waals surface area contributed by atoms with Crippen LogP contribution in [0.4, 0.5) is 5.69 Å². The van der Waals surface area contributed by atoms with Crippen LogP contribution in [0.5, 0.6) is 5.75 Å². The molecule has 2 fully saturated rings. The Labute approximate surface area is 125 Å². The zero-order valence-corrected chi connectivity index (χ0v) is 12.6. The molecule has 0 aromatic heterocycles. The van der Waals surface area contributed by atoms with Crippen LogP contribution >= 0.6 is 0 Å². The van der Waals surface area contributed by atoms with E-state index < -0.39 is 5.41 Å². The Morgan fingerprint density at radius 2 is 2.05 bits per heavy atom. The first-order chi connectivity index (χ1) is 10.1. The SMILES string of the molecule is COc1ccc(N2CC3CCCC(C(C)=O)(C2)C3=O)cc1. The molecule has 1 aliphatic heterocycles. The van der Waals surface area contributed by atoms with Crippen molar-refractivity contribution in [3.8, 4) is 5.75 Å². The lowest BCUT2D eigenvalue weighted by molar-refractivity contribution is -0.146. The summed E-state index contributed by atoms with van der Waals surface area (Å²) in [6.45, 7) is 2.81. The van der Waals surface area contributed by atoms with E-state index in [1.165, 1.54) is 0 Å². The molecule has 1 heterocycles. The molecule has 1 aliphatic carbocycles. The molecule has 112 valence electrons. The molecule has 1 aromatic carbocycles. The largest absolute Gasteiger partial charge is 0.497 e. The topological polar surface area (TPSA) is 46.6 Å². The minimum Gasteiger partial charge on any atom is -0.497 e. The number of rotatable bonds is 3. The first-order valence-electron chi connectivity index (χ1n) is 7.51. The highest BCUT2D eigenvalue weighted by atomic mass is 16.5. The zero-order chi connectivity index (χ0) is 15.0. The summed E-state index contributed by atoms with van der Waals surface area (Å²) < 4.78 is 5.18. The zero-order valence-electron chi connectivity index (χ0n) is 12.6. The third-order valence-corrected chi connectivity index (χ3v) is 5.01. The number of carbonyl (C=O) groups excluding carboxylic acids is 2. The molecule has 21 heavy (non-hydrogen) atoms. The van der Waals surface area contributed by atoms with Crippen molar-refractivity contribution in [3.05, 3.63) is 24.3 Å². The lowest BCUT2D eigenvalue weighted by Gasteiger charge is -2.47. The maximum atomic E-state index is 12.6. The van der Waals surface area contributed by atoms with Gasteiger partial charge < -0.3 is 9.64 Å². The average molecular weight is 287 g/mol. The van der Waals surface area contributed by atoms with Crippen molar-refractivity contribution in [1.82, 2.24) is 0 Å². The number of hydrogen-bond donors (Lipinski definition) is 0. The maximum absolute atomic E-state index is 12.6. The number of fused-ring (bicyclic) bond motifs is 2. The van der Waals surface area contributed by atoms with E-state index in [1.54, 1.807) is 14.0 Å². The first-order valence-corrected chi connectivity index (χ1v) is 7.51. The smallest absolute Gasteiger partial charge is 0.153 e. The van der Waals surface area contributed by atoms with Gasteiger partial charge in [0.05, 0.1) is 7.11 Å². The lowest BCUT2D eigenvalue weighted by atomic mass is 9.63. The second-order valence-electron chi connectivity index (χ2n) is 6.17. The molecule has 0 spiro atoms. The van der Waals surface area contributed by atoms with E-state index in [0.29, 0.717) is 13.0 Å². The Kier molecular flexibility index (Phi) is 3.47. The first kappa shape index (κ1) is 14.1. The fourth-order valence-corrected chi connectivity index (χ4v) is 3.73. The second kappa shape index (κ2) is 5.17. The summed E-state index contributed by atoms with van der Waals surface area (Å²) in [6.07, 6.45) is 2.58. The minimum atomic E-state index is -0.777. The Hall–Kier alpha value is -1.84. The fraction of sp³-hybridized carbons (Fsp3) is 0.529. The number of carbonyl (C=O) groups is 2. The Bertz CT molecular complexity index is 566. The molecule has 1 saturated carbocycles. The highest BCUT2D eigenvalue weighted by Gasteiger charge is 2.52. The number of hydrogen-bond acceptors (Lipinski definition) is 4. The lowest BCUT2D eigenvalue weighted by Crippen LogP contribution is -2.59. The molecule has 0 N–H and O–H groups in total. The van der Waals surface area contributed by atoms with Gasteiger partial charge in [0.25, 0.3) is 0 Å². The highest BCUT2D eigenvalue weighted by molar-refractivity contribution is 6.09. The number of ether oxygens (including phenoxy) is 1. The van der Waals surface area contributed by atoms with E-state index in [0.717, 1.165) is 30.8 Å².